The highest BCUT2D eigenvalue weighted by molar-refractivity contribution is 6.09. The van der Waals surface area contributed by atoms with E-state index < -0.39 is 5.97 Å². The SMILES string of the molecule is O=C(O)C1=CC2C=CNC2N=C1. The van der Waals surface area contributed by atoms with Crippen molar-refractivity contribution in [1.82, 2.24) is 5.32 Å². The molecule has 0 bridgehead atoms. The van der Waals surface area contributed by atoms with Gasteiger partial charge in [0.1, 0.15) is 6.17 Å². The van der Waals surface area contributed by atoms with Crippen molar-refractivity contribution < 1.29 is 9.90 Å². The lowest BCUT2D eigenvalue weighted by molar-refractivity contribution is -0.132. The van der Waals surface area contributed by atoms with Gasteiger partial charge in [-0.25, -0.2) is 4.79 Å². The average molecular weight is 164 g/mol. The van der Waals surface area contributed by atoms with E-state index in [0.29, 0.717) is 0 Å². The van der Waals surface area contributed by atoms with Gasteiger partial charge >= 0.3 is 5.97 Å². The number of carboxylic acids is 1. The second-order valence-corrected chi connectivity index (χ2v) is 2.75. The Morgan fingerprint density at radius 1 is 1.67 bits per heavy atom. The Labute approximate surface area is 69.3 Å². The van der Waals surface area contributed by atoms with Gasteiger partial charge in [-0.2, -0.15) is 0 Å². The van der Waals surface area contributed by atoms with Crippen molar-refractivity contribution in [2.24, 2.45) is 10.9 Å². The smallest absolute Gasteiger partial charge is 0.336 e. The van der Waals surface area contributed by atoms with E-state index in [0.717, 1.165) is 0 Å². The molecule has 2 rings (SSSR count). The number of rotatable bonds is 1. The van der Waals surface area contributed by atoms with Crippen LogP contribution < -0.4 is 5.32 Å². The van der Waals surface area contributed by atoms with Crippen LogP contribution in [0.15, 0.2) is 28.9 Å². The Kier molecular flexibility index (Phi) is 1.46. The van der Waals surface area contributed by atoms with Gasteiger partial charge in [0.15, 0.2) is 0 Å². The third kappa shape index (κ3) is 1.01. The second kappa shape index (κ2) is 2.48. The molecule has 2 aliphatic heterocycles. The highest BCUT2D eigenvalue weighted by atomic mass is 16.4. The van der Waals surface area contributed by atoms with Crippen LogP contribution in [0, 0.1) is 5.92 Å². The first-order valence-corrected chi connectivity index (χ1v) is 3.68. The summed E-state index contributed by atoms with van der Waals surface area (Å²) < 4.78 is 0. The van der Waals surface area contributed by atoms with Crippen molar-refractivity contribution in [1.29, 1.82) is 0 Å². The van der Waals surface area contributed by atoms with Crippen molar-refractivity contribution in [2.75, 3.05) is 0 Å². The number of aliphatic carboxylic acids is 1. The molecule has 2 aliphatic rings. The Bertz CT molecular complexity index is 304. The fourth-order valence-electron chi connectivity index (χ4n) is 1.31. The van der Waals surface area contributed by atoms with Crippen LogP contribution in [-0.2, 0) is 4.79 Å². The number of hydrogen-bond acceptors (Lipinski definition) is 3. The van der Waals surface area contributed by atoms with E-state index in [1.54, 1.807) is 12.3 Å². The molecule has 0 fully saturated rings. The van der Waals surface area contributed by atoms with Crippen LogP contribution >= 0.6 is 0 Å². The molecule has 12 heavy (non-hydrogen) atoms. The lowest BCUT2D eigenvalue weighted by atomic mass is 10.0. The van der Waals surface area contributed by atoms with Gasteiger partial charge in [0.25, 0.3) is 0 Å². The fourth-order valence-corrected chi connectivity index (χ4v) is 1.31. The van der Waals surface area contributed by atoms with Gasteiger partial charge in [0.05, 0.1) is 5.57 Å². The van der Waals surface area contributed by atoms with Crippen LogP contribution in [0.25, 0.3) is 0 Å². The van der Waals surface area contributed by atoms with Crippen molar-refractivity contribution in [3.05, 3.63) is 23.9 Å². The first-order valence-electron chi connectivity index (χ1n) is 3.68. The molecule has 0 spiro atoms. The largest absolute Gasteiger partial charge is 0.478 e. The van der Waals surface area contributed by atoms with Gasteiger partial charge in [-0.15, -0.1) is 0 Å². The summed E-state index contributed by atoms with van der Waals surface area (Å²) in [6.45, 7) is 0. The van der Waals surface area contributed by atoms with Crippen molar-refractivity contribution in [2.45, 2.75) is 6.17 Å². The van der Waals surface area contributed by atoms with Crippen LogP contribution in [0.2, 0.25) is 0 Å². The summed E-state index contributed by atoms with van der Waals surface area (Å²) in [4.78, 5) is 14.6. The molecule has 0 saturated heterocycles. The second-order valence-electron chi connectivity index (χ2n) is 2.75. The van der Waals surface area contributed by atoms with Gasteiger partial charge < -0.3 is 10.4 Å². The Morgan fingerprint density at radius 2 is 2.50 bits per heavy atom. The highest BCUT2D eigenvalue weighted by Crippen LogP contribution is 2.19. The molecular weight excluding hydrogens is 156 g/mol. The summed E-state index contributed by atoms with van der Waals surface area (Å²) in [5.74, 6) is -0.821. The zero-order chi connectivity index (χ0) is 8.55. The summed E-state index contributed by atoms with van der Waals surface area (Å²) in [5.41, 5.74) is 0.268. The maximum Gasteiger partial charge on any atom is 0.336 e. The number of nitrogens with zero attached hydrogens (tertiary/aromatic N) is 1. The Balaban J connectivity index is 2.25. The molecule has 2 heterocycles. The van der Waals surface area contributed by atoms with E-state index in [4.69, 9.17) is 5.11 Å². The van der Waals surface area contributed by atoms with Gasteiger partial charge in [-0.05, 0) is 6.20 Å². The molecular formula is C8H8N2O2. The average Bonchev–Trinajstić information content (AvgIpc) is 2.49. The predicted molar refractivity (Wildman–Crippen MR) is 43.8 cm³/mol. The molecule has 2 unspecified atom stereocenters. The van der Waals surface area contributed by atoms with E-state index in [1.165, 1.54) is 6.21 Å². The van der Waals surface area contributed by atoms with Gasteiger partial charge in [-0.3, -0.25) is 4.99 Å². The van der Waals surface area contributed by atoms with E-state index in [1.807, 2.05) is 6.08 Å². The number of nitrogens with one attached hydrogen (secondary N) is 1. The number of aliphatic imine (C=N–C) groups is 1. The van der Waals surface area contributed by atoms with E-state index in [9.17, 15) is 4.79 Å². The third-order valence-electron chi connectivity index (χ3n) is 1.94. The standard InChI is InChI=1S/C8H8N2O2/c11-8(12)6-3-5-1-2-9-7(5)10-4-6/h1-5,7,9H,(H,11,12). The summed E-state index contributed by atoms with van der Waals surface area (Å²) in [6, 6.07) is 0. The minimum atomic E-state index is -0.919. The molecule has 0 aromatic carbocycles. The van der Waals surface area contributed by atoms with Crippen LogP contribution in [-0.4, -0.2) is 23.5 Å². The zero-order valence-electron chi connectivity index (χ0n) is 6.27. The molecule has 0 radical (unpaired) electrons. The van der Waals surface area contributed by atoms with Crippen molar-refractivity contribution >= 4 is 12.2 Å². The maximum absolute atomic E-state index is 10.5. The zero-order valence-corrected chi connectivity index (χ0v) is 6.27. The summed E-state index contributed by atoms with van der Waals surface area (Å²) in [5, 5.41) is 11.7. The maximum atomic E-state index is 10.5. The van der Waals surface area contributed by atoms with Gasteiger partial charge in [-0.1, -0.05) is 12.2 Å². The van der Waals surface area contributed by atoms with Gasteiger partial charge in [0, 0.05) is 12.1 Å². The number of dihydropyridines is 1. The highest BCUT2D eigenvalue weighted by Gasteiger charge is 2.24. The van der Waals surface area contributed by atoms with Gasteiger partial charge in [0.2, 0.25) is 0 Å². The van der Waals surface area contributed by atoms with E-state index in [-0.39, 0.29) is 17.7 Å². The summed E-state index contributed by atoms with van der Waals surface area (Å²) >= 11 is 0. The normalized spacial score (nSPS) is 30.8. The molecule has 0 aliphatic carbocycles. The summed E-state index contributed by atoms with van der Waals surface area (Å²) in [7, 11) is 0. The van der Waals surface area contributed by atoms with Crippen molar-refractivity contribution in [3.8, 4) is 0 Å². The van der Waals surface area contributed by atoms with Crippen molar-refractivity contribution in [3.63, 3.8) is 0 Å². The van der Waals surface area contributed by atoms with Crippen LogP contribution in [0.4, 0.5) is 0 Å². The molecule has 2 atom stereocenters. The third-order valence-corrected chi connectivity index (χ3v) is 1.94. The molecule has 2 N–H and O–H groups in total. The number of carboxylic acid groups (broad SMARTS) is 1. The lowest BCUT2D eigenvalue weighted by Crippen LogP contribution is -2.27. The summed E-state index contributed by atoms with van der Waals surface area (Å²) in [6.07, 6.45) is 6.81. The van der Waals surface area contributed by atoms with Crippen LogP contribution in [0.3, 0.4) is 0 Å². The topological polar surface area (TPSA) is 61.7 Å². The molecule has 4 nitrogen and oxygen atoms in total. The lowest BCUT2D eigenvalue weighted by Gasteiger charge is -2.16. The monoisotopic (exact) mass is 164 g/mol. The number of carbonyl (C=O) groups is 1. The van der Waals surface area contributed by atoms with Crippen LogP contribution in [0.5, 0.6) is 0 Å². The molecule has 4 heteroatoms. The quantitative estimate of drug-likeness (QED) is 0.579. The molecule has 0 aromatic rings. The molecule has 62 valence electrons. The number of fused-ring (bicyclic) bond motifs is 1. The Hall–Kier alpha value is -1.58. The van der Waals surface area contributed by atoms with E-state index >= 15 is 0 Å². The Morgan fingerprint density at radius 3 is 3.25 bits per heavy atom. The number of hydrogen-bond donors (Lipinski definition) is 2. The first kappa shape index (κ1) is 7.09. The van der Waals surface area contributed by atoms with E-state index in [2.05, 4.69) is 10.3 Å². The minimum Gasteiger partial charge on any atom is -0.478 e. The van der Waals surface area contributed by atoms with Crippen LogP contribution in [0.1, 0.15) is 0 Å². The predicted octanol–water partition coefficient (Wildman–Crippen LogP) is 0.141. The first-order chi connectivity index (χ1) is 5.77. The molecule has 0 aromatic heterocycles. The minimum absolute atomic E-state index is 0.00750. The fraction of sp³-hybridized carbons (Fsp3) is 0.250. The molecule has 0 saturated carbocycles. The molecule has 0 amide bonds.